The summed E-state index contributed by atoms with van der Waals surface area (Å²) in [6, 6.07) is 7.96. The molecule has 1 atom stereocenters. The van der Waals surface area contributed by atoms with Crippen molar-refractivity contribution in [1.82, 2.24) is 9.91 Å². The van der Waals surface area contributed by atoms with Gasteiger partial charge in [-0.25, -0.2) is 13.2 Å². The average Bonchev–Trinajstić information content (AvgIpc) is 3.30. The van der Waals surface area contributed by atoms with Gasteiger partial charge in [0.15, 0.2) is 0 Å². The second-order valence-corrected chi connectivity index (χ2v) is 8.31. The number of hydrogen-bond donors (Lipinski definition) is 0. The molecule has 5 nitrogen and oxygen atoms in total. The van der Waals surface area contributed by atoms with Crippen LogP contribution in [0.15, 0.2) is 29.4 Å². The van der Waals surface area contributed by atoms with E-state index in [9.17, 15) is 18.0 Å². The molecular formula is C22H28F3N3O2. The van der Waals surface area contributed by atoms with Crippen molar-refractivity contribution < 1.29 is 22.7 Å². The fraction of sp³-hybridized carbons (Fsp3) is 0.636. The Hall–Kier alpha value is -2.09. The summed E-state index contributed by atoms with van der Waals surface area (Å²) in [7, 11) is 0. The van der Waals surface area contributed by atoms with Crippen LogP contribution in [-0.2, 0) is 4.79 Å². The minimum atomic E-state index is -3.28. The molecule has 0 aromatic heterocycles. The molecule has 1 aromatic rings. The van der Waals surface area contributed by atoms with Crippen LogP contribution in [0.3, 0.4) is 0 Å². The molecule has 1 aromatic carbocycles. The quantitative estimate of drug-likeness (QED) is 0.639. The number of amides is 1. The molecule has 1 saturated carbocycles. The smallest absolute Gasteiger partial charge is 0.289 e. The number of alkyl halides is 3. The lowest BCUT2D eigenvalue weighted by Crippen LogP contribution is -2.43. The summed E-state index contributed by atoms with van der Waals surface area (Å²) >= 11 is 0. The number of hydrogen-bond acceptors (Lipinski definition) is 4. The maximum absolute atomic E-state index is 13.6. The third-order valence-electron chi connectivity index (χ3n) is 6.31. The van der Waals surface area contributed by atoms with E-state index in [0.29, 0.717) is 17.7 Å². The number of likely N-dealkylation sites (tertiary alicyclic amines) is 1. The van der Waals surface area contributed by atoms with Gasteiger partial charge in [0.05, 0.1) is 5.71 Å². The first kappa shape index (κ1) is 21.2. The molecule has 164 valence electrons. The van der Waals surface area contributed by atoms with E-state index in [1.807, 2.05) is 12.1 Å². The SMILES string of the molecule is O=C1CCC(c2ccc(OC3CCN(C4CCCC4)CC3)cc2)=NN1C(F)C(F)F. The predicted molar refractivity (Wildman–Crippen MR) is 107 cm³/mol. The minimum Gasteiger partial charge on any atom is -0.490 e. The fourth-order valence-electron chi connectivity index (χ4n) is 4.62. The van der Waals surface area contributed by atoms with Crippen LogP contribution in [0.4, 0.5) is 13.2 Å². The Morgan fingerprint density at radius 2 is 1.63 bits per heavy atom. The highest BCUT2D eigenvalue weighted by Gasteiger charge is 2.34. The van der Waals surface area contributed by atoms with E-state index in [0.717, 1.165) is 37.7 Å². The van der Waals surface area contributed by atoms with Crippen LogP contribution >= 0.6 is 0 Å². The number of carbonyl (C=O) groups is 1. The maximum Gasteiger partial charge on any atom is 0.289 e. The second-order valence-electron chi connectivity index (χ2n) is 8.31. The molecule has 30 heavy (non-hydrogen) atoms. The summed E-state index contributed by atoms with van der Waals surface area (Å²) in [6.45, 7) is 2.14. The molecule has 1 saturated heterocycles. The topological polar surface area (TPSA) is 45.1 Å². The lowest BCUT2D eigenvalue weighted by atomic mass is 10.0. The Bertz CT molecular complexity index is 757. The first-order valence-electron chi connectivity index (χ1n) is 10.8. The van der Waals surface area contributed by atoms with Gasteiger partial charge in [0.2, 0.25) is 5.91 Å². The van der Waals surface area contributed by atoms with E-state index in [1.54, 1.807) is 12.1 Å². The molecule has 0 spiro atoms. The highest BCUT2D eigenvalue weighted by atomic mass is 19.3. The number of halogens is 3. The van der Waals surface area contributed by atoms with Gasteiger partial charge in [-0.2, -0.15) is 10.1 Å². The van der Waals surface area contributed by atoms with Gasteiger partial charge in [-0.15, -0.1) is 0 Å². The first-order valence-corrected chi connectivity index (χ1v) is 10.8. The highest BCUT2D eigenvalue weighted by Crippen LogP contribution is 2.28. The first-order chi connectivity index (χ1) is 14.5. The summed E-state index contributed by atoms with van der Waals surface area (Å²) in [4.78, 5) is 14.3. The normalized spacial score (nSPS) is 23.1. The molecular weight excluding hydrogens is 395 g/mol. The summed E-state index contributed by atoms with van der Waals surface area (Å²) in [5, 5.41) is 4.11. The molecule has 3 aliphatic rings. The predicted octanol–water partition coefficient (Wildman–Crippen LogP) is 4.36. The molecule has 0 bridgehead atoms. The lowest BCUT2D eigenvalue weighted by molar-refractivity contribution is -0.145. The molecule has 0 radical (unpaired) electrons. The van der Waals surface area contributed by atoms with Crippen molar-refractivity contribution in [3.63, 3.8) is 0 Å². The maximum atomic E-state index is 13.6. The van der Waals surface area contributed by atoms with Gasteiger partial charge in [-0.05, 0) is 55.5 Å². The number of ether oxygens (including phenoxy) is 1. The zero-order chi connectivity index (χ0) is 21.1. The van der Waals surface area contributed by atoms with Crippen LogP contribution in [0.2, 0.25) is 0 Å². The molecule has 2 fully saturated rings. The highest BCUT2D eigenvalue weighted by molar-refractivity contribution is 6.04. The molecule has 1 unspecified atom stereocenters. The van der Waals surface area contributed by atoms with Crippen LogP contribution in [0, 0.1) is 0 Å². The van der Waals surface area contributed by atoms with Gasteiger partial charge in [0.1, 0.15) is 11.9 Å². The van der Waals surface area contributed by atoms with Crippen LogP contribution in [0.5, 0.6) is 5.75 Å². The van der Waals surface area contributed by atoms with Crippen LogP contribution in [0.1, 0.15) is 56.9 Å². The van der Waals surface area contributed by atoms with Crippen molar-refractivity contribution in [3.8, 4) is 5.75 Å². The monoisotopic (exact) mass is 423 g/mol. The molecule has 0 N–H and O–H groups in total. The van der Waals surface area contributed by atoms with E-state index < -0.39 is 18.6 Å². The molecule has 8 heteroatoms. The minimum absolute atomic E-state index is 0.0379. The molecule has 2 aliphatic heterocycles. The fourth-order valence-corrected chi connectivity index (χ4v) is 4.62. The van der Waals surface area contributed by atoms with E-state index in [-0.39, 0.29) is 17.5 Å². The average molecular weight is 423 g/mol. The van der Waals surface area contributed by atoms with Crippen molar-refractivity contribution in [2.24, 2.45) is 5.10 Å². The van der Waals surface area contributed by atoms with Gasteiger partial charge in [-0.1, -0.05) is 12.8 Å². The van der Waals surface area contributed by atoms with Gasteiger partial charge < -0.3 is 9.64 Å². The van der Waals surface area contributed by atoms with E-state index in [2.05, 4.69) is 10.0 Å². The molecule has 1 aliphatic carbocycles. The van der Waals surface area contributed by atoms with Crippen molar-refractivity contribution in [2.75, 3.05) is 13.1 Å². The Labute approximate surface area is 174 Å². The number of carbonyl (C=O) groups excluding carboxylic acids is 1. The van der Waals surface area contributed by atoms with Gasteiger partial charge in [0, 0.05) is 32.0 Å². The van der Waals surface area contributed by atoms with Crippen LogP contribution in [-0.4, -0.2) is 59.5 Å². The van der Waals surface area contributed by atoms with E-state index in [1.165, 1.54) is 25.7 Å². The summed E-state index contributed by atoms with van der Waals surface area (Å²) in [6.07, 6.45) is 1.79. The number of piperidine rings is 1. The summed E-state index contributed by atoms with van der Waals surface area (Å²) < 4.78 is 45.0. The van der Waals surface area contributed by atoms with E-state index >= 15 is 0 Å². The zero-order valence-corrected chi connectivity index (χ0v) is 17.0. The Morgan fingerprint density at radius 1 is 0.967 bits per heavy atom. The molecule has 4 rings (SSSR count). The third-order valence-corrected chi connectivity index (χ3v) is 6.31. The zero-order valence-electron chi connectivity index (χ0n) is 17.0. The molecule has 1 amide bonds. The summed E-state index contributed by atoms with van der Waals surface area (Å²) in [5.41, 5.74) is 1.10. The number of rotatable bonds is 6. The van der Waals surface area contributed by atoms with Crippen molar-refractivity contribution >= 4 is 11.6 Å². The van der Waals surface area contributed by atoms with Gasteiger partial charge in [-0.3, -0.25) is 4.79 Å². The second kappa shape index (κ2) is 9.37. The summed E-state index contributed by atoms with van der Waals surface area (Å²) in [5.74, 6) is 0.0220. The van der Waals surface area contributed by atoms with Crippen molar-refractivity contribution in [3.05, 3.63) is 29.8 Å². The molecule has 2 heterocycles. The van der Waals surface area contributed by atoms with Crippen molar-refractivity contribution in [2.45, 2.75) is 76.2 Å². The third kappa shape index (κ3) is 4.79. The Balaban J connectivity index is 1.34. The van der Waals surface area contributed by atoms with Crippen LogP contribution < -0.4 is 4.74 Å². The van der Waals surface area contributed by atoms with E-state index in [4.69, 9.17) is 4.74 Å². The van der Waals surface area contributed by atoms with Crippen molar-refractivity contribution in [1.29, 1.82) is 0 Å². The van der Waals surface area contributed by atoms with Crippen LogP contribution in [0.25, 0.3) is 0 Å². The van der Waals surface area contributed by atoms with Gasteiger partial charge >= 0.3 is 0 Å². The largest absolute Gasteiger partial charge is 0.490 e. The number of hydrazone groups is 1. The van der Waals surface area contributed by atoms with Gasteiger partial charge in [0.25, 0.3) is 12.7 Å². The standard InChI is InChI=1S/C22H28F3N3O2/c23-21(24)22(25)28-20(29)10-9-19(26-28)15-5-7-17(8-6-15)30-18-11-13-27(14-12-18)16-3-1-2-4-16/h5-8,16,18,21-22H,1-4,9-14H2. The Kier molecular flexibility index (Phi) is 6.61. The number of nitrogens with zero attached hydrogens (tertiary/aromatic N) is 3. The number of benzene rings is 1. The Morgan fingerprint density at radius 3 is 2.27 bits per heavy atom. The lowest BCUT2D eigenvalue weighted by Gasteiger charge is -2.36.